The normalized spacial score (nSPS) is 16.9. The van der Waals surface area contributed by atoms with Crippen LogP contribution < -0.4 is 10.5 Å². The van der Waals surface area contributed by atoms with Crippen LogP contribution in [0.2, 0.25) is 0 Å². The van der Waals surface area contributed by atoms with Crippen molar-refractivity contribution in [3.05, 3.63) is 47.8 Å². The summed E-state index contributed by atoms with van der Waals surface area (Å²) in [6.07, 6.45) is 4.71. The molecule has 1 saturated heterocycles. The highest BCUT2D eigenvalue weighted by Gasteiger charge is 2.27. The molecule has 0 unspecified atom stereocenters. The number of methoxy groups -OCH3 is 1. The van der Waals surface area contributed by atoms with Crippen LogP contribution in [0.3, 0.4) is 0 Å². The summed E-state index contributed by atoms with van der Waals surface area (Å²) in [6.45, 7) is 0. The topological polar surface area (TPSA) is 115 Å². The molecular formula is C20H21N3O4S. The fourth-order valence-corrected chi connectivity index (χ4v) is 5.32. The lowest BCUT2D eigenvalue weighted by atomic mass is 9.91. The zero-order valence-corrected chi connectivity index (χ0v) is 16.3. The molecule has 146 valence electrons. The number of amides is 1. The number of pyridine rings is 1. The molecule has 3 heterocycles. The maximum absolute atomic E-state index is 12.1. The molecule has 1 aliphatic rings. The predicted octanol–water partition coefficient (Wildman–Crippen LogP) is 2.63. The standard InChI is InChI=1S/C20H21N3O4S/c1-27-18-3-2-13(10-22-18)14-8-15-17(12-4-6-28(25,26)7-5-12)11-23-19(15)16(9-14)20(21)24/h2-3,8-12,23H,4-7H2,1H3,(H2,21,24). The largest absolute Gasteiger partial charge is 0.481 e. The number of hydrogen-bond acceptors (Lipinski definition) is 5. The lowest BCUT2D eigenvalue weighted by Gasteiger charge is -2.21. The van der Waals surface area contributed by atoms with Gasteiger partial charge in [0.1, 0.15) is 9.84 Å². The van der Waals surface area contributed by atoms with Gasteiger partial charge in [0.2, 0.25) is 5.88 Å². The van der Waals surface area contributed by atoms with Crippen LogP contribution in [0.1, 0.15) is 34.7 Å². The van der Waals surface area contributed by atoms with Crippen LogP contribution in [0.25, 0.3) is 22.0 Å². The Morgan fingerprint density at radius 2 is 1.96 bits per heavy atom. The van der Waals surface area contributed by atoms with Crippen LogP contribution in [0.15, 0.2) is 36.7 Å². The zero-order valence-electron chi connectivity index (χ0n) is 15.4. The molecular weight excluding hydrogens is 378 g/mol. The summed E-state index contributed by atoms with van der Waals surface area (Å²) in [6, 6.07) is 7.38. The first kappa shape index (κ1) is 18.5. The number of sulfone groups is 1. The van der Waals surface area contributed by atoms with E-state index in [-0.39, 0.29) is 17.4 Å². The molecule has 3 N–H and O–H groups in total. The summed E-state index contributed by atoms with van der Waals surface area (Å²) < 4.78 is 28.7. The van der Waals surface area contributed by atoms with E-state index in [4.69, 9.17) is 10.5 Å². The van der Waals surface area contributed by atoms with Crippen molar-refractivity contribution in [1.29, 1.82) is 0 Å². The van der Waals surface area contributed by atoms with E-state index >= 15 is 0 Å². The lowest BCUT2D eigenvalue weighted by molar-refractivity contribution is 0.100. The summed E-state index contributed by atoms with van der Waals surface area (Å²) in [5.41, 5.74) is 9.38. The molecule has 1 fully saturated rings. The van der Waals surface area contributed by atoms with E-state index in [0.717, 1.165) is 22.1 Å². The Morgan fingerprint density at radius 1 is 1.21 bits per heavy atom. The third kappa shape index (κ3) is 3.35. The molecule has 4 rings (SSSR count). The average molecular weight is 399 g/mol. The van der Waals surface area contributed by atoms with E-state index in [0.29, 0.717) is 29.8 Å². The maximum atomic E-state index is 12.1. The van der Waals surface area contributed by atoms with Crippen LogP contribution in [0.4, 0.5) is 0 Å². The van der Waals surface area contributed by atoms with Crippen LogP contribution in [0.5, 0.6) is 5.88 Å². The van der Waals surface area contributed by atoms with Gasteiger partial charge in [-0.3, -0.25) is 4.79 Å². The number of nitrogens with two attached hydrogens (primary N) is 1. The van der Waals surface area contributed by atoms with Gasteiger partial charge >= 0.3 is 0 Å². The molecule has 7 nitrogen and oxygen atoms in total. The van der Waals surface area contributed by atoms with E-state index in [1.54, 1.807) is 25.4 Å². The highest BCUT2D eigenvalue weighted by Crippen LogP contribution is 2.37. The third-order valence-electron chi connectivity index (χ3n) is 5.36. The van der Waals surface area contributed by atoms with Crippen molar-refractivity contribution in [3.8, 4) is 17.0 Å². The van der Waals surface area contributed by atoms with Crippen LogP contribution in [0, 0.1) is 0 Å². The monoisotopic (exact) mass is 399 g/mol. The molecule has 0 saturated carbocycles. The number of carbonyl (C=O) groups excluding carboxylic acids is 1. The number of rotatable bonds is 4. The van der Waals surface area contributed by atoms with Crippen LogP contribution in [-0.2, 0) is 9.84 Å². The number of hydrogen-bond donors (Lipinski definition) is 2. The molecule has 1 amide bonds. The first-order chi connectivity index (χ1) is 13.4. The van der Waals surface area contributed by atoms with Crippen molar-refractivity contribution < 1.29 is 17.9 Å². The Bertz CT molecular complexity index is 1140. The highest BCUT2D eigenvalue weighted by atomic mass is 32.2. The second-order valence-corrected chi connectivity index (χ2v) is 9.37. The van der Waals surface area contributed by atoms with Gasteiger partial charge in [0.25, 0.3) is 5.91 Å². The summed E-state index contributed by atoms with van der Waals surface area (Å²) in [7, 11) is -1.39. The minimum absolute atomic E-state index is 0.127. The van der Waals surface area contributed by atoms with E-state index in [2.05, 4.69) is 9.97 Å². The summed E-state index contributed by atoms with van der Waals surface area (Å²) in [4.78, 5) is 19.5. The Labute approximate surface area is 162 Å². The fraction of sp³-hybridized carbons (Fsp3) is 0.300. The number of carbonyl (C=O) groups is 1. The van der Waals surface area contributed by atoms with E-state index in [1.807, 2.05) is 18.3 Å². The van der Waals surface area contributed by atoms with Crippen molar-refractivity contribution in [3.63, 3.8) is 0 Å². The van der Waals surface area contributed by atoms with Crippen LogP contribution in [-0.4, -0.2) is 42.9 Å². The molecule has 0 bridgehead atoms. The summed E-state index contributed by atoms with van der Waals surface area (Å²) in [5.74, 6) is 0.491. The number of primary amides is 1. The predicted molar refractivity (Wildman–Crippen MR) is 107 cm³/mol. The molecule has 0 spiro atoms. The number of ether oxygens (including phenoxy) is 1. The quantitative estimate of drug-likeness (QED) is 0.700. The highest BCUT2D eigenvalue weighted by molar-refractivity contribution is 7.91. The van der Waals surface area contributed by atoms with Gasteiger partial charge in [-0.1, -0.05) is 0 Å². The molecule has 0 atom stereocenters. The Hall–Kier alpha value is -2.87. The number of aromatic nitrogens is 2. The van der Waals surface area contributed by atoms with Crippen molar-refractivity contribution in [2.24, 2.45) is 5.73 Å². The van der Waals surface area contributed by atoms with Crippen molar-refractivity contribution >= 4 is 26.6 Å². The lowest BCUT2D eigenvalue weighted by Crippen LogP contribution is -2.22. The molecule has 0 radical (unpaired) electrons. The number of fused-ring (bicyclic) bond motifs is 1. The number of H-pyrrole nitrogens is 1. The molecule has 1 aromatic carbocycles. The molecule has 2 aromatic heterocycles. The van der Waals surface area contributed by atoms with Gasteiger partial charge in [0.15, 0.2) is 0 Å². The minimum atomic E-state index is -2.94. The number of aromatic amines is 1. The zero-order chi connectivity index (χ0) is 19.9. The second-order valence-electron chi connectivity index (χ2n) is 7.07. The van der Waals surface area contributed by atoms with Gasteiger partial charge in [0, 0.05) is 29.4 Å². The molecule has 3 aromatic rings. The first-order valence-corrected chi connectivity index (χ1v) is 10.9. The van der Waals surface area contributed by atoms with Gasteiger partial charge < -0.3 is 15.5 Å². The minimum Gasteiger partial charge on any atom is -0.481 e. The second kappa shape index (κ2) is 6.94. The number of benzene rings is 1. The first-order valence-electron chi connectivity index (χ1n) is 9.03. The average Bonchev–Trinajstić information content (AvgIpc) is 3.11. The van der Waals surface area contributed by atoms with Gasteiger partial charge in [-0.05, 0) is 48.1 Å². The number of nitrogens with one attached hydrogen (secondary N) is 1. The Kier molecular flexibility index (Phi) is 4.58. The van der Waals surface area contributed by atoms with Gasteiger partial charge in [-0.25, -0.2) is 13.4 Å². The van der Waals surface area contributed by atoms with Crippen LogP contribution >= 0.6 is 0 Å². The van der Waals surface area contributed by atoms with Crippen molar-refractivity contribution in [2.75, 3.05) is 18.6 Å². The van der Waals surface area contributed by atoms with E-state index in [9.17, 15) is 13.2 Å². The smallest absolute Gasteiger partial charge is 0.250 e. The van der Waals surface area contributed by atoms with Crippen molar-refractivity contribution in [2.45, 2.75) is 18.8 Å². The molecule has 1 aliphatic heterocycles. The summed E-state index contributed by atoms with van der Waals surface area (Å²) >= 11 is 0. The van der Waals surface area contributed by atoms with Gasteiger partial charge in [-0.2, -0.15) is 0 Å². The molecule has 0 aliphatic carbocycles. The SMILES string of the molecule is COc1ccc(-c2cc(C(N)=O)c3[nH]cc(C4CCS(=O)(=O)CC4)c3c2)cn1. The third-order valence-corrected chi connectivity index (χ3v) is 7.08. The summed E-state index contributed by atoms with van der Waals surface area (Å²) in [5, 5.41) is 0.895. The number of nitrogens with zero attached hydrogens (tertiary/aromatic N) is 1. The van der Waals surface area contributed by atoms with E-state index < -0.39 is 15.7 Å². The van der Waals surface area contributed by atoms with E-state index in [1.165, 1.54) is 0 Å². The fourth-order valence-electron chi connectivity index (χ4n) is 3.82. The maximum Gasteiger partial charge on any atom is 0.250 e. The molecule has 8 heteroatoms. The van der Waals surface area contributed by atoms with Gasteiger partial charge in [-0.15, -0.1) is 0 Å². The van der Waals surface area contributed by atoms with Crippen molar-refractivity contribution in [1.82, 2.24) is 9.97 Å². The van der Waals surface area contributed by atoms with Gasteiger partial charge in [0.05, 0.1) is 29.7 Å². The Balaban J connectivity index is 1.82. The Morgan fingerprint density at radius 3 is 2.57 bits per heavy atom. The molecule has 28 heavy (non-hydrogen) atoms.